The van der Waals surface area contributed by atoms with Gasteiger partial charge in [0, 0.05) is 0 Å². The van der Waals surface area contributed by atoms with Gasteiger partial charge in [-0.2, -0.15) is 5.26 Å². The molecule has 10 heavy (non-hydrogen) atoms. The number of rotatable bonds is 1. The molecule has 0 N–H and O–H groups in total. The lowest BCUT2D eigenvalue weighted by atomic mass is 10.4. The molecule has 0 spiro atoms. The third-order valence-electron chi connectivity index (χ3n) is 2.21. The van der Waals surface area contributed by atoms with E-state index in [4.69, 9.17) is 5.26 Å². The van der Waals surface area contributed by atoms with Gasteiger partial charge in [0.15, 0.2) is 0 Å². The average Bonchev–Trinajstić information content (AvgIpc) is 2.33. The van der Waals surface area contributed by atoms with Gasteiger partial charge in [-0.05, 0) is 31.8 Å². The minimum Gasteiger partial charge on any atom is -0.198 e. The fourth-order valence-electron chi connectivity index (χ4n) is 1.50. The Morgan fingerprint density at radius 3 is 2.60 bits per heavy atom. The molecule has 0 aromatic heterocycles. The van der Waals surface area contributed by atoms with E-state index >= 15 is 0 Å². The molecule has 1 nitrogen and oxygen atoms in total. The number of nitrogens with zero attached hydrogens (tertiary/aromatic N) is 1. The standard InChI is InChI=1S/C8H14NP/c1-10(8-4-5-9)6-2-3-7-10/h8H,2-4,6-7H2,1H3. The van der Waals surface area contributed by atoms with Crippen LogP contribution in [0.3, 0.4) is 0 Å². The molecule has 0 aliphatic carbocycles. The van der Waals surface area contributed by atoms with Crippen molar-refractivity contribution >= 4 is 12.7 Å². The Morgan fingerprint density at radius 1 is 1.50 bits per heavy atom. The van der Waals surface area contributed by atoms with E-state index in [1.165, 1.54) is 25.2 Å². The Labute approximate surface area is 63.0 Å². The zero-order chi connectivity index (χ0) is 7.45. The monoisotopic (exact) mass is 155 g/mol. The lowest BCUT2D eigenvalue weighted by Gasteiger charge is -2.10. The highest BCUT2D eigenvalue weighted by Gasteiger charge is 2.15. The number of hydrogen-bond donors (Lipinski definition) is 0. The maximum absolute atomic E-state index is 8.38. The quantitative estimate of drug-likeness (QED) is 0.532. The van der Waals surface area contributed by atoms with Gasteiger partial charge in [0.1, 0.15) is 0 Å². The zero-order valence-corrected chi connectivity index (χ0v) is 7.40. The molecule has 0 radical (unpaired) electrons. The van der Waals surface area contributed by atoms with Gasteiger partial charge in [-0.1, -0.05) is 5.80 Å². The first-order valence-corrected chi connectivity index (χ1v) is 6.50. The summed E-state index contributed by atoms with van der Waals surface area (Å²) in [5.41, 5.74) is 0. The highest BCUT2D eigenvalue weighted by atomic mass is 31.2. The van der Waals surface area contributed by atoms with E-state index < -0.39 is 6.89 Å². The van der Waals surface area contributed by atoms with Crippen LogP contribution in [0.4, 0.5) is 0 Å². The number of hydrogen-bond acceptors (Lipinski definition) is 1. The van der Waals surface area contributed by atoms with E-state index in [0.29, 0.717) is 6.42 Å². The summed E-state index contributed by atoms with van der Waals surface area (Å²) in [5.74, 6) is 2.29. The van der Waals surface area contributed by atoms with Crippen LogP contribution in [-0.4, -0.2) is 24.8 Å². The van der Waals surface area contributed by atoms with Gasteiger partial charge in [0.05, 0.1) is 12.5 Å². The predicted molar refractivity (Wildman–Crippen MR) is 48.1 cm³/mol. The first-order valence-electron chi connectivity index (χ1n) is 3.82. The van der Waals surface area contributed by atoms with Crippen molar-refractivity contribution in [3.63, 3.8) is 0 Å². The van der Waals surface area contributed by atoms with Gasteiger partial charge in [-0.3, -0.25) is 0 Å². The van der Waals surface area contributed by atoms with E-state index in [9.17, 15) is 0 Å². The number of nitriles is 1. The van der Waals surface area contributed by atoms with Crippen molar-refractivity contribution in [1.82, 2.24) is 0 Å². The Hall–Kier alpha value is -0.210. The molecule has 0 atom stereocenters. The van der Waals surface area contributed by atoms with Crippen molar-refractivity contribution in [2.75, 3.05) is 19.0 Å². The molecule has 0 unspecified atom stereocenters. The molecule has 1 saturated heterocycles. The van der Waals surface area contributed by atoms with Crippen molar-refractivity contribution in [3.05, 3.63) is 0 Å². The molecule has 1 fully saturated rings. The minimum atomic E-state index is -0.684. The highest BCUT2D eigenvalue weighted by molar-refractivity contribution is 7.74. The normalized spacial score (nSPS) is 22.0. The molecule has 0 saturated carbocycles. The second-order valence-corrected chi connectivity index (χ2v) is 7.40. The molecule has 56 valence electrons. The SMILES string of the molecule is CP1(=CCC#N)CCCC1. The van der Waals surface area contributed by atoms with Gasteiger partial charge < -0.3 is 0 Å². The van der Waals surface area contributed by atoms with Crippen molar-refractivity contribution < 1.29 is 0 Å². The second kappa shape index (κ2) is 3.26. The van der Waals surface area contributed by atoms with Crippen molar-refractivity contribution in [3.8, 4) is 6.07 Å². The first-order chi connectivity index (χ1) is 4.77. The highest BCUT2D eigenvalue weighted by Crippen LogP contribution is 2.49. The second-order valence-electron chi connectivity index (χ2n) is 3.18. The van der Waals surface area contributed by atoms with Crippen LogP contribution in [0, 0.1) is 11.3 Å². The molecule has 0 aromatic rings. The molecule has 0 bridgehead atoms. The van der Waals surface area contributed by atoms with E-state index in [1.807, 2.05) is 0 Å². The third-order valence-corrected chi connectivity index (χ3v) is 5.95. The van der Waals surface area contributed by atoms with Gasteiger partial charge >= 0.3 is 0 Å². The molecule has 0 amide bonds. The maximum Gasteiger partial charge on any atom is 0.0663 e. The van der Waals surface area contributed by atoms with Crippen LogP contribution in [-0.2, 0) is 0 Å². The van der Waals surface area contributed by atoms with E-state index in [2.05, 4.69) is 18.5 Å². The van der Waals surface area contributed by atoms with Crippen LogP contribution in [0.1, 0.15) is 19.3 Å². The smallest absolute Gasteiger partial charge is 0.0663 e. The summed E-state index contributed by atoms with van der Waals surface area (Å²) in [4.78, 5) is 0. The molecule has 2 heteroatoms. The fourth-order valence-corrected chi connectivity index (χ4v) is 4.50. The fraction of sp³-hybridized carbons (Fsp3) is 0.750. The summed E-state index contributed by atoms with van der Waals surface area (Å²) in [6.07, 6.45) is 6.26. The Balaban J connectivity index is 2.59. The predicted octanol–water partition coefficient (Wildman–Crippen LogP) is 2.14. The van der Waals surface area contributed by atoms with Crippen LogP contribution in [0.5, 0.6) is 0 Å². The Bertz CT molecular complexity index is 190. The van der Waals surface area contributed by atoms with E-state index in [0.717, 1.165) is 0 Å². The lowest BCUT2D eigenvalue weighted by molar-refractivity contribution is 0.949. The van der Waals surface area contributed by atoms with Gasteiger partial charge in [-0.25, -0.2) is 0 Å². The summed E-state index contributed by atoms with van der Waals surface area (Å²) < 4.78 is 0. The largest absolute Gasteiger partial charge is 0.198 e. The van der Waals surface area contributed by atoms with E-state index in [1.54, 1.807) is 0 Å². The molecule has 1 heterocycles. The van der Waals surface area contributed by atoms with Crippen LogP contribution >= 0.6 is 6.89 Å². The van der Waals surface area contributed by atoms with E-state index in [-0.39, 0.29) is 0 Å². The summed E-state index contributed by atoms with van der Waals surface area (Å²) in [6, 6.07) is 2.19. The molecule has 1 rings (SSSR count). The minimum absolute atomic E-state index is 0.671. The molecule has 1 aliphatic heterocycles. The van der Waals surface area contributed by atoms with Gasteiger partial charge in [0.25, 0.3) is 0 Å². The summed E-state index contributed by atoms with van der Waals surface area (Å²) in [5, 5.41) is 8.38. The van der Waals surface area contributed by atoms with Crippen LogP contribution < -0.4 is 0 Å². The van der Waals surface area contributed by atoms with Crippen molar-refractivity contribution in [2.45, 2.75) is 19.3 Å². The van der Waals surface area contributed by atoms with Crippen LogP contribution in [0.15, 0.2) is 0 Å². The summed E-state index contributed by atoms with van der Waals surface area (Å²) in [7, 11) is 0. The summed E-state index contributed by atoms with van der Waals surface area (Å²) >= 11 is 0. The topological polar surface area (TPSA) is 23.8 Å². The third kappa shape index (κ3) is 1.89. The molecular weight excluding hydrogens is 141 g/mol. The molecule has 0 aromatic carbocycles. The lowest BCUT2D eigenvalue weighted by Crippen LogP contribution is -1.85. The van der Waals surface area contributed by atoms with Crippen LogP contribution in [0.2, 0.25) is 0 Å². The first kappa shape index (κ1) is 7.89. The van der Waals surface area contributed by atoms with Gasteiger partial charge in [-0.15, -0.1) is 6.89 Å². The molecular formula is C8H14NP. The van der Waals surface area contributed by atoms with Crippen molar-refractivity contribution in [2.24, 2.45) is 0 Å². The Morgan fingerprint density at radius 2 is 2.10 bits per heavy atom. The zero-order valence-electron chi connectivity index (χ0n) is 6.51. The Kier molecular flexibility index (Phi) is 2.57. The summed E-state index contributed by atoms with van der Waals surface area (Å²) in [6.45, 7) is 1.69. The average molecular weight is 155 g/mol. The molecule has 1 aliphatic rings. The van der Waals surface area contributed by atoms with Crippen LogP contribution in [0.25, 0.3) is 0 Å². The maximum atomic E-state index is 8.38. The van der Waals surface area contributed by atoms with Gasteiger partial charge in [0.2, 0.25) is 0 Å². The van der Waals surface area contributed by atoms with Crippen molar-refractivity contribution in [1.29, 1.82) is 5.26 Å².